The van der Waals surface area contributed by atoms with E-state index in [2.05, 4.69) is 5.32 Å². The number of anilines is 1. The van der Waals surface area contributed by atoms with Crippen LogP contribution < -0.4 is 11.1 Å². The first-order valence-electron chi connectivity index (χ1n) is 9.08. The van der Waals surface area contributed by atoms with Crippen molar-refractivity contribution in [3.8, 4) is 0 Å². The largest absolute Gasteiger partial charge is 0.454 e. The van der Waals surface area contributed by atoms with Crippen LogP contribution in [0.15, 0.2) is 59.0 Å². The fraction of sp³-hybridized carbons (Fsp3) is 0.273. The van der Waals surface area contributed by atoms with E-state index in [1.54, 1.807) is 45.0 Å². The van der Waals surface area contributed by atoms with Gasteiger partial charge >= 0.3 is 5.97 Å². The van der Waals surface area contributed by atoms with Crippen LogP contribution in [0.1, 0.15) is 36.9 Å². The zero-order valence-electron chi connectivity index (χ0n) is 16.2. The van der Waals surface area contributed by atoms with E-state index in [-0.39, 0.29) is 11.7 Å². The lowest BCUT2D eigenvalue weighted by atomic mass is 10.1. The molecule has 0 bridgehead atoms. The summed E-state index contributed by atoms with van der Waals surface area (Å²) in [6.07, 6.45) is 0.448. The molecule has 3 rings (SSSR count). The van der Waals surface area contributed by atoms with Crippen LogP contribution >= 0.6 is 0 Å². The number of hydrogen-bond acceptors (Lipinski definition) is 5. The molecule has 3 aromatic rings. The van der Waals surface area contributed by atoms with E-state index < -0.39 is 17.6 Å². The minimum atomic E-state index is -0.667. The predicted octanol–water partition coefficient (Wildman–Crippen LogP) is 3.90. The Hall–Kier alpha value is -3.12. The Morgan fingerprint density at radius 2 is 1.82 bits per heavy atom. The normalized spacial score (nSPS) is 12.6. The van der Waals surface area contributed by atoms with Gasteiger partial charge in [0.05, 0.1) is 6.04 Å². The summed E-state index contributed by atoms with van der Waals surface area (Å²) < 4.78 is 10.9. The minimum Gasteiger partial charge on any atom is -0.454 e. The number of benzene rings is 2. The van der Waals surface area contributed by atoms with Gasteiger partial charge in [0, 0.05) is 11.1 Å². The first-order valence-corrected chi connectivity index (χ1v) is 9.08. The lowest BCUT2D eigenvalue weighted by Crippen LogP contribution is -2.37. The molecular formula is C22H24N2O4. The lowest BCUT2D eigenvalue weighted by Gasteiger charge is -2.18. The second-order valence-electron chi connectivity index (χ2n) is 7.65. The van der Waals surface area contributed by atoms with Crippen LogP contribution in [0.2, 0.25) is 0 Å². The van der Waals surface area contributed by atoms with E-state index in [0.29, 0.717) is 23.1 Å². The van der Waals surface area contributed by atoms with Gasteiger partial charge in [-0.2, -0.15) is 0 Å². The summed E-state index contributed by atoms with van der Waals surface area (Å²) in [5.41, 5.74) is 7.53. The van der Waals surface area contributed by atoms with Crippen molar-refractivity contribution in [1.82, 2.24) is 0 Å². The second-order valence-corrected chi connectivity index (χ2v) is 7.65. The quantitative estimate of drug-likeness (QED) is 0.655. The van der Waals surface area contributed by atoms with Crippen molar-refractivity contribution in [2.75, 3.05) is 5.32 Å². The summed E-state index contributed by atoms with van der Waals surface area (Å²) in [4.78, 5) is 24.5. The van der Waals surface area contributed by atoms with Crippen LogP contribution in [0.3, 0.4) is 0 Å². The maximum absolute atomic E-state index is 12.4. The van der Waals surface area contributed by atoms with Crippen LogP contribution in [0, 0.1) is 0 Å². The van der Waals surface area contributed by atoms with Crippen LogP contribution in [-0.2, 0) is 16.0 Å². The van der Waals surface area contributed by atoms with E-state index in [1.165, 1.54) is 0 Å². The van der Waals surface area contributed by atoms with Gasteiger partial charge in [0.2, 0.25) is 11.7 Å². The topological polar surface area (TPSA) is 94.6 Å². The molecule has 0 spiro atoms. The Morgan fingerprint density at radius 3 is 2.50 bits per heavy atom. The van der Waals surface area contributed by atoms with Crippen molar-refractivity contribution < 1.29 is 18.7 Å². The zero-order chi connectivity index (χ0) is 20.3. The van der Waals surface area contributed by atoms with Crippen molar-refractivity contribution in [3.63, 3.8) is 0 Å². The molecule has 2 aromatic carbocycles. The average Bonchev–Trinajstić information content (AvgIpc) is 3.04. The number of nitrogens with two attached hydrogens (primary N) is 1. The monoisotopic (exact) mass is 380 g/mol. The standard InChI is InChI=1S/C22H24N2O4/c1-22(2,3)28-21(26)19-13-15-12-16(9-10-18(15)27-19)24-20(25)17(23)11-14-7-5-4-6-8-14/h4-10,12-13,17H,11,23H2,1-3H3,(H,24,25)/t17-/m0/s1. The third-order valence-corrected chi connectivity index (χ3v) is 4.02. The zero-order valence-corrected chi connectivity index (χ0v) is 16.2. The molecule has 1 atom stereocenters. The number of esters is 1. The number of rotatable bonds is 5. The lowest BCUT2D eigenvalue weighted by molar-refractivity contribution is -0.117. The van der Waals surface area contributed by atoms with Crippen LogP contribution in [0.4, 0.5) is 5.69 Å². The number of hydrogen-bond donors (Lipinski definition) is 2. The molecule has 1 aromatic heterocycles. The molecule has 6 nitrogen and oxygen atoms in total. The Bertz CT molecular complexity index is 987. The summed E-state index contributed by atoms with van der Waals surface area (Å²) in [6.45, 7) is 5.37. The third-order valence-electron chi connectivity index (χ3n) is 4.02. The van der Waals surface area contributed by atoms with Crippen molar-refractivity contribution >= 4 is 28.5 Å². The Balaban J connectivity index is 1.70. The molecule has 3 N–H and O–H groups in total. The number of carbonyl (C=O) groups excluding carboxylic acids is 2. The van der Waals surface area contributed by atoms with Gasteiger partial charge in [0.15, 0.2) is 0 Å². The highest BCUT2D eigenvalue weighted by molar-refractivity contribution is 5.98. The van der Waals surface area contributed by atoms with Gasteiger partial charge in [-0.3, -0.25) is 4.79 Å². The molecular weight excluding hydrogens is 356 g/mol. The molecule has 0 aliphatic carbocycles. The third kappa shape index (κ3) is 4.98. The predicted molar refractivity (Wildman–Crippen MR) is 108 cm³/mol. The van der Waals surface area contributed by atoms with Gasteiger partial charge in [-0.1, -0.05) is 30.3 Å². The first-order chi connectivity index (χ1) is 13.2. The summed E-state index contributed by atoms with van der Waals surface area (Å²) in [5, 5.41) is 3.50. The molecule has 1 heterocycles. The van der Waals surface area contributed by atoms with Crippen molar-refractivity contribution in [2.24, 2.45) is 5.73 Å². The molecule has 0 saturated carbocycles. The molecule has 0 saturated heterocycles. The highest BCUT2D eigenvalue weighted by atomic mass is 16.6. The smallest absolute Gasteiger partial charge is 0.374 e. The number of amides is 1. The van der Waals surface area contributed by atoms with Gasteiger partial charge < -0.3 is 20.2 Å². The van der Waals surface area contributed by atoms with Gasteiger partial charge in [-0.25, -0.2) is 4.79 Å². The second kappa shape index (κ2) is 7.86. The molecule has 0 aliphatic heterocycles. The first kappa shape index (κ1) is 19.6. The van der Waals surface area contributed by atoms with Gasteiger partial charge in [0.25, 0.3) is 0 Å². The van der Waals surface area contributed by atoms with Gasteiger partial charge in [0.1, 0.15) is 11.2 Å². The van der Waals surface area contributed by atoms with E-state index in [9.17, 15) is 9.59 Å². The van der Waals surface area contributed by atoms with Crippen molar-refractivity contribution in [3.05, 3.63) is 65.9 Å². The molecule has 0 radical (unpaired) electrons. The summed E-state index contributed by atoms with van der Waals surface area (Å²) in [6, 6.07) is 15.7. The molecule has 0 unspecified atom stereocenters. The van der Waals surface area contributed by atoms with Gasteiger partial charge in [-0.05, 0) is 57.0 Å². The highest BCUT2D eigenvalue weighted by Gasteiger charge is 2.21. The van der Waals surface area contributed by atoms with Crippen molar-refractivity contribution in [1.29, 1.82) is 0 Å². The fourth-order valence-electron chi connectivity index (χ4n) is 2.75. The average molecular weight is 380 g/mol. The summed E-state index contributed by atoms with van der Waals surface area (Å²) >= 11 is 0. The number of nitrogens with one attached hydrogen (secondary N) is 1. The molecule has 0 aliphatic rings. The Morgan fingerprint density at radius 1 is 1.11 bits per heavy atom. The Kier molecular flexibility index (Phi) is 5.51. The van der Waals surface area contributed by atoms with Crippen LogP contribution in [0.5, 0.6) is 0 Å². The van der Waals surface area contributed by atoms with Gasteiger partial charge in [-0.15, -0.1) is 0 Å². The molecule has 6 heteroatoms. The molecule has 1 amide bonds. The van der Waals surface area contributed by atoms with Crippen molar-refractivity contribution in [2.45, 2.75) is 38.8 Å². The van der Waals surface area contributed by atoms with E-state index in [0.717, 1.165) is 5.56 Å². The number of fused-ring (bicyclic) bond motifs is 1. The van der Waals surface area contributed by atoms with Crippen LogP contribution in [0.25, 0.3) is 11.0 Å². The highest BCUT2D eigenvalue weighted by Crippen LogP contribution is 2.25. The summed E-state index contributed by atoms with van der Waals surface area (Å²) in [7, 11) is 0. The van der Waals surface area contributed by atoms with Crippen LogP contribution in [-0.4, -0.2) is 23.5 Å². The molecule has 28 heavy (non-hydrogen) atoms. The maximum Gasteiger partial charge on any atom is 0.374 e. The van der Waals surface area contributed by atoms with E-state index >= 15 is 0 Å². The van der Waals surface area contributed by atoms with E-state index in [1.807, 2.05) is 30.3 Å². The molecule has 0 fully saturated rings. The summed E-state index contributed by atoms with van der Waals surface area (Å²) in [5.74, 6) is -0.688. The number of carbonyl (C=O) groups is 2. The fourth-order valence-corrected chi connectivity index (χ4v) is 2.75. The molecule has 146 valence electrons. The number of ether oxygens (including phenoxy) is 1. The van der Waals surface area contributed by atoms with E-state index in [4.69, 9.17) is 14.9 Å². The SMILES string of the molecule is CC(C)(C)OC(=O)c1cc2cc(NC(=O)[C@@H](N)Cc3ccccc3)ccc2o1. The Labute approximate surface area is 163 Å². The maximum atomic E-state index is 12.4. The minimum absolute atomic E-state index is 0.120. The number of furan rings is 1.